The van der Waals surface area contributed by atoms with Gasteiger partial charge in [-0.1, -0.05) is 39.1 Å². The van der Waals surface area contributed by atoms with Gasteiger partial charge in [0.15, 0.2) is 0 Å². The van der Waals surface area contributed by atoms with Crippen molar-refractivity contribution in [3.8, 4) is 0 Å². The van der Waals surface area contributed by atoms with E-state index in [0.29, 0.717) is 22.2 Å². The maximum absolute atomic E-state index is 11.2. The molecule has 0 aliphatic heterocycles. The van der Waals surface area contributed by atoms with Crippen LogP contribution in [-0.4, -0.2) is 12.6 Å². The Hall–Kier alpha value is -0.250. The number of hydrogen-bond acceptors (Lipinski definition) is 2. The largest absolute Gasteiger partial charge is 0.466 e. The molecule has 0 saturated heterocycles. The lowest BCUT2D eigenvalue weighted by Gasteiger charge is -2.06. The van der Waals surface area contributed by atoms with Gasteiger partial charge < -0.3 is 4.74 Å². The number of ether oxygens (including phenoxy) is 1. The topological polar surface area (TPSA) is 26.3 Å². The number of carbonyl (C=O) groups is 1. The lowest BCUT2D eigenvalue weighted by atomic mass is 10.1. The van der Waals surface area contributed by atoms with Gasteiger partial charge >= 0.3 is 5.97 Å². The van der Waals surface area contributed by atoms with Crippen LogP contribution in [0.25, 0.3) is 0 Å². The summed E-state index contributed by atoms with van der Waals surface area (Å²) in [4.78, 5) is 11.2. The standard InChI is InChI=1S/C10H9BrCl2O2/c1-2-15-9(14)4-6-3-7(11)5-8(12)10(6)13/h3,5H,2,4H2,1H3. The number of benzene rings is 1. The molecule has 15 heavy (non-hydrogen) atoms. The number of halogens is 3. The molecule has 2 nitrogen and oxygen atoms in total. The third kappa shape index (κ3) is 3.67. The Morgan fingerprint density at radius 3 is 2.73 bits per heavy atom. The Balaban J connectivity index is 2.89. The van der Waals surface area contributed by atoms with Crippen LogP contribution in [0.2, 0.25) is 10.0 Å². The van der Waals surface area contributed by atoms with E-state index >= 15 is 0 Å². The van der Waals surface area contributed by atoms with E-state index in [9.17, 15) is 4.79 Å². The minimum Gasteiger partial charge on any atom is -0.466 e. The molecule has 5 heteroatoms. The molecule has 0 aromatic heterocycles. The third-order valence-electron chi connectivity index (χ3n) is 1.71. The van der Waals surface area contributed by atoms with Gasteiger partial charge in [0.05, 0.1) is 23.1 Å². The van der Waals surface area contributed by atoms with Crippen LogP contribution in [0.4, 0.5) is 0 Å². The van der Waals surface area contributed by atoms with E-state index < -0.39 is 0 Å². The highest BCUT2D eigenvalue weighted by Crippen LogP contribution is 2.30. The lowest BCUT2D eigenvalue weighted by Crippen LogP contribution is -2.07. The van der Waals surface area contributed by atoms with Crippen molar-refractivity contribution in [2.45, 2.75) is 13.3 Å². The zero-order chi connectivity index (χ0) is 11.4. The normalized spacial score (nSPS) is 10.1. The second-order valence-electron chi connectivity index (χ2n) is 2.84. The van der Waals surface area contributed by atoms with Gasteiger partial charge in [0.2, 0.25) is 0 Å². The minimum absolute atomic E-state index is 0.131. The van der Waals surface area contributed by atoms with E-state index in [1.54, 1.807) is 19.1 Å². The highest BCUT2D eigenvalue weighted by Gasteiger charge is 2.11. The summed E-state index contributed by atoms with van der Waals surface area (Å²) in [6.07, 6.45) is 0.131. The molecular weight excluding hydrogens is 303 g/mol. The highest BCUT2D eigenvalue weighted by molar-refractivity contribution is 9.10. The smallest absolute Gasteiger partial charge is 0.310 e. The van der Waals surface area contributed by atoms with Crippen molar-refractivity contribution >= 4 is 45.1 Å². The van der Waals surface area contributed by atoms with Crippen molar-refractivity contribution < 1.29 is 9.53 Å². The van der Waals surface area contributed by atoms with Gasteiger partial charge in [0, 0.05) is 4.47 Å². The molecule has 1 rings (SSSR count). The minimum atomic E-state index is -0.312. The van der Waals surface area contributed by atoms with E-state index in [-0.39, 0.29) is 12.4 Å². The van der Waals surface area contributed by atoms with Gasteiger partial charge in [-0.05, 0) is 24.6 Å². The van der Waals surface area contributed by atoms with Gasteiger partial charge in [0.1, 0.15) is 0 Å². The Kier molecular flexibility index (Phi) is 4.90. The molecule has 1 aromatic rings. The van der Waals surface area contributed by atoms with Crippen LogP contribution in [0.1, 0.15) is 12.5 Å². The molecule has 0 spiro atoms. The fourth-order valence-electron chi connectivity index (χ4n) is 1.11. The predicted molar refractivity (Wildman–Crippen MR) is 64.5 cm³/mol. The predicted octanol–water partition coefficient (Wildman–Crippen LogP) is 3.86. The molecule has 0 bridgehead atoms. The summed E-state index contributed by atoms with van der Waals surface area (Å²) in [6.45, 7) is 2.12. The van der Waals surface area contributed by atoms with Crippen molar-refractivity contribution in [1.29, 1.82) is 0 Å². The van der Waals surface area contributed by atoms with Crippen LogP contribution in [-0.2, 0) is 16.0 Å². The maximum atomic E-state index is 11.2. The van der Waals surface area contributed by atoms with Gasteiger partial charge in [-0.25, -0.2) is 0 Å². The van der Waals surface area contributed by atoms with Crippen LogP contribution in [0.3, 0.4) is 0 Å². The summed E-state index contributed by atoms with van der Waals surface area (Å²) in [5, 5.41) is 0.818. The summed E-state index contributed by atoms with van der Waals surface area (Å²) >= 11 is 15.1. The number of carbonyl (C=O) groups excluding carboxylic acids is 1. The Labute approximate surface area is 107 Å². The molecule has 0 aliphatic rings. The Bertz CT molecular complexity index is 380. The second-order valence-corrected chi connectivity index (χ2v) is 4.54. The average Bonchev–Trinajstić information content (AvgIpc) is 2.13. The first-order valence-electron chi connectivity index (χ1n) is 4.33. The number of rotatable bonds is 3. The molecule has 0 N–H and O–H groups in total. The fraction of sp³-hybridized carbons (Fsp3) is 0.300. The summed E-state index contributed by atoms with van der Waals surface area (Å²) in [5.41, 5.74) is 0.662. The SMILES string of the molecule is CCOC(=O)Cc1cc(Br)cc(Cl)c1Cl. The number of esters is 1. The summed E-state index contributed by atoms with van der Waals surface area (Å²) in [7, 11) is 0. The fourth-order valence-corrected chi connectivity index (χ4v) is 2.16. The summed E-state index contributed by atoms with van der Waals surface area (Å²) < 4.78 is 5.61. The van der Waals surface area contributed by atoms with E-state index in [0.717, 1.165) is 4.47 Å². The molecular formula is C10H9BrCl2O2. The van der Waals surface area contributed by atoms with Gasteiger partial charge in [-0.2, -0.15) is 0 Å². The molecule has 82 valence electrons. The van der Waals surface area contributed by atoms with Crippen LogP contribution < -0.4 is 0 Å². The lowest BCUT2D eigenvalue weighted by molar-refractivity contribution is -0.142. The zero-order valence-corrected chi connectivity index (χ0v) is 11.1. The first-order valence-corrected chi connectivity index (χ1v) is 5.88. The molecule has 0 amide bonds. The second kappa shape index (κ2) is 5.73. The van der Waals surface area contributed by atoms with E-state index in [2.05, 4.69) is 15.9 Å². The number of hydrogen-bond donors (Lipinski definition) is 0. The molecule has 0 heterocycles. The molecule has 0 atom stereocenters. The van der Waals surface area contributed by atoms with Gasteiger partial charge in [0.25, 0.3) is 0 Å². The van der Waals surface area contributed by atoms with Gasteiger partial charge in [-0.3, -0.25) is 4.79 Å². The van der Waals surface area contributed by atoms with Crippen molar-refractivity contribution in [2.75, 3.05) is 6.61 Å². The van der Waals surface area contributed by atoms with Crippen molar-refractivity contribution in [3.63, 3.8) is 0 Å². The quantitative estimate of drug-likeness (QED) is 0.626. The Morgan fingerprint density at radius 1 is 1.47 bits per heavy atom. The molecule has 0 unspecified atom stereocenters. The van der Waals surface area contributed by atoms with E-state index in [1.165, 1.54) is 0 Å². The third-order valence-corrected chi connectivity index (χ3v) is 3.01. The monoisotopic (exact) mass is 310 g/mol. The first-order chi connectivity index (χ1) is 7.04. The zero-order valence-electron chi connectivity index (χ0n) is 8.02. The molecule has 0 fully saturated rings. The van der Waals surface area contributed by atoms with Crippen molar-refractivity contribution in [1.82, 2.24) is 0 Å². The van der Waals surface area contributed by atoms with E-state index in [4.69, 9.17) is 27.9 Å². The van der Waals surface area contributed by atoms with Crippen LogP contribution >= 0.6 is 39.1 Å². The first kappa shape index (κ1) is 12.8. The van der Waals surface area contributed by atoms with Crippen LogP contribution in [0, 0.1) is 0 Å². The van der Waals surface area contributed by atoms with Crippen molar-refractivity contribution in [3.05, 3.63) is 32.2 Å². The summed E-state index contributed by atoms with van der Waals surface area (Å²) in [5.74, 6) is -0.312. The van der Waals surface area contributed by atoms with Crippen LogP contribution in [0.5, 0.6) is 0 Å². The van der Waals surface area contributed by atoms with Gasteiger partial charge in [-0.15, -0.1) is 0 Å². The molecule has 0 saturated carbocycles. The average molecular weight is 312 g/mol. The van der Waals surface area contributed by atoms with Crippen molar-refractivity contribution in [2.24, 2.45) is 0 Å². The summed E-state index contributed by atoms with van der Waals surface area (Å²) in [6, 6.07) is 3.43. The maximum Gasteiger partial charge on any atom is 0.310 e. The highest BCUT2D eigenvalue weighted by atomic mass is 79.9. The molecule has 1 aromatic carbocycles. The molecule has 0 aliphatic carbocycles. The van der Waals surface area contributed by atoms with E-state index in [1.807, 2.05) is 0 Å². The molecule has 0 radical (unpaired) electrons. The Morgan fingerprint density at radius 2 is 2.13 bits per heavy atom. The van der Waals surface area contributed by atoms with Crippen LogP contribution in [0.15, 0.2) is 16.6 Å².